The van der Waals surface area contributed by atoms with Gasteiger partial charge in [-0.1, -0.05) is 0 Å². The molecule has 154 valence electrons. The van der Waals surface area contributed by atoms with Gasteiger partial charge in [0.1, 0.15) is 11.3 Å². The number of carbonyl (C=O) groups is 1. The molecule has 0 atom stereocenters. The molecule has 10 heteroatoms. The van der Waals surface area contributed by atoms with E-state index < -0.39 is 16.4 Å². The van der Waals surface area contributed by atoms with Crippen LogP contribution in [0.2, 0.25) is 0 Å². The SMILES string of the molecule is CCOc1cc(OCC)c([N+](=O)[O-])cc1/C=N\NC(=O)c1cccn(CC)c1=O. The van der Waals surface area contributed by atoms with Gasteiger partial charge in [0.05, 0.1) is 24.4 Å². The molecule has 1 aromatic carbocycles. The average Bonchev–Trinajstić information content (AvgIpc) is 2.69. The number of nitro benzene ring substituents is 1. The minimum atomic E-state index is -0.688. The van der Waals surface area contributed by atoms with Crippen LogP contribution in [0.1, 0.15) is 36.7 Å². The topological polar surface area (TPSA) is 125 Å². The van der Waals surface area contributed by atoms with Gasteiger partial charge in [-0.05, 0) is 32.9 Å². The summed E-state index contributed by atoms with van der Waals surface area (Å²) in [5.74, 6) is -0.299. The van der Waals surface area contributed by atoms with Gasteiger partial charge in [-0.2, -0.15) is 5.10 Å². The minimum absolute atomic E-state index is 0.0609. The molecule has 0 unspecified atom stereocenters. The van der Waals surface area contributed by atoms with Gasteiger partial charge in [0.25, 0.3) is 11.5 Å². The number of carbonyl (C=O) groups excluding carboxylic acids is 1. The number of nitrogens with zero attached hydrogens (tertiary/aromatic N) is 3. The number of hydrazone groups is 1. The van der Waals surface area contributed by atoms with Gasteiger partial charge < -0.3 is 14.0 Å². The molecule has 1 heterocycles. The van der Waals surface area contributed by atoms with Crippen LogP contribution in [-0.4, -0.2) is 34.8 Å². The number of benzene rings is 1. The molecular weight excluding hydrogens is 380 g/mol. The van der Waals surface area contributed by atoms with Crippen LogP contribution in [0.15, 0.2) is 40.4 Å². The molecule has 0 aliphatic rings. The van der Waals surface area contributed by atoms with Crippen molar-refractivity contribution in [3.63, 3.8) is 0 Å². The molecule has 0 bridgehead atoms. The zero-order chi connectivity index (χ0) is 21.4. The molecule has 0 spiro atoms. The predicted octanol–water partition coefficient (Wildman–Crippen LogP) is 2.34. The number of nitrogens with one attached hydrogen (secondary N) is 1. The van der Waals surface area contributed by atoms with Crippen LogP contribution in [0.3, 0.4) is 0 Å². The van der Waals surface area contributed by atoms with Crippen molar-refractivity contribution in [3.8, 4) is 11.5 Å². The molecule has 0 saturated heterocycles. The number of aromatic nitrogens is 1. The highest BCUT2D eigenvalue weighted by molar-refractivity contribution is 5.95. The standard InChI is InChI=1S/C19H22N4O6/c1-4-22-9-7-8-14(19(22)25)18(24)21-20-12-13-10-15(23(26)27)17(29-6-3)11-16(13)28-5-2/h7-12H,4-6H2,1-3H3,(H,21,24)/b20-12-. The van der Waals surface area contributed by atoms with E-state index in [0.717, 1.165) is 0 Å². The highest BCUT2D eigenvalue weighted by Crippen LogP contribution is 2.34. The van der Waals surface area contributed by atoms with E-state index in [0.29, 0.717) is 18.9 Å². The van der Waals surface area contributed by atoms with Crippen molar-refractivity contribution >= 4 is 17.8 Å². The maximum atomic E-state index is 12.3. The van der Waals surface area contributed by atoms with Crippen molar-refractivity contribution in [3.05, 3.63) is 62.1 Å². The molecule has 0 aliphatic carbocycles. The fourth-order valence-electron chi connectivity index (χ4n) is 2.54. The highest BCUT2D eigenvalue weighted by Gasteiger charge is 2.20. The molecule has 1 N–H and O–H groups in total. The first kappa shape index (κ1) is 21.6. The molecule has 0 fully saturated rings. The maximum absolute atomic E-state index is 12.3. The van der Waals surface area contributed by atoms with Gasteiger partial charge >= 0.3 is 5.69 Å². The summed E-state index contributed by atoms with van der Waals surface area (Å²) >= 11 is 0. The zero-order valence-corrected chi connectivity index (χ0v) is 16.4. The first-order chi connectivity index (χ1) is 13.9. The van der Waals surface area contributed by atoms with Crippen LogP contribution < -0.4 is 20.5 Å². The lowest BCUT2D eigenvalue weighted by Gasteiger charge is -2.10. The number of nitro groups is 1. The van der Waals surface area contributed by atoms with E-state index in [9.17, 15) is 19.7 Å². The summed E-state index contributed by atoms with van der Waals surface area (Å²) in [6, 6.07) is 5.64. The lowest BCUT2D eigenvalue weighted by atomic mass is 10.1. The molecule has 10 nitrogen and oxygen atoms in total. The molecular formula is C19H22N4O6. The normalized spacial score (nSPS) is 10.7. The molecule has 29 heavy (non-hydrogen) atoms. The van der Waals surface area contributed by atoms with Gasteiger partial charge in [-0.3, -0.25) is 19.7 Å². The van der Waals surface area contributed by atoms with E-state index in [2.05, 4.69) is 10.5 Å². The van der Waals surface area contributed by atoms with Gasteiger partial charge in [0.2, 0.25) is 5.75 Å². The van der Waals surface area contributed by atoms with Crippen molar-refractivity contribution in [1.82, 2.24) is 9.99 Å². The van der Waals surface area contributed by atoms with E-state index in [1.54, 1.807) is 33.0 Å². The zero-order valence-electron chi connectivity index (χ0n) is 16.4. The molecule has 0 aliphatic heterocycles. The Morgan fingerprint density at radius 3 is 2.55 bits per heavy atom. The Balaban J connectivity index is 2.31. The summed E-state index contributed by atoms with van der Waals surface area (Å²) < 4.78 is 12.2. The van der Waals surface area contributed by atoms with E-state index in [1.807, 2.05) is 0 Å². The van der Waals surface area contributed by atoms with Crippen LogP contribution in [-0.2, 0) is 6.54 Å². The largest absolute Gasteiger partial charge is 0.493 e. The summed E-state index contributed by atoms with van der Waals surface area (Å²) in [4.78, 5) is 35.2. The molecule has 1 amide bonds. The van der Waals surface area contributed by atoms with E-state index in [-0.39, 0.29) is 29.2 Å². The fourth-order valence-corrected chi connectivity index (χ4v) is 2.54. The smallest absolute Gasteiger partial charge is 0.311 e. The fraction of sp³-hybridized carbons (Fsp3) is 0.316. The first-order valence-corrected chi connectivity index (χ1v) is 9.03. The first-order valence-electron chi connectivity index (χ1n) is 9.03. The van der Waals surface area contributed by atoms with E-state index >= 15 is 0 Å². The van der Waals surface area contributed by atoms with E-state index in [4.69, 9.17) is 9.47 Å². The summed E-state index contributed by atoms with van der Waals surface area (Å²) in [7, 11) is 0. The number of pyridine rings is 1. The van der Waals surface area contributed by atoms with Crippen LogP contribution in [0, 0.1) is 10.1 Å². The number of amides is 1. The van der Waals surface area contributed by atoms with Crippen LogP contribution >= 0.6 is 0 Å². The lowest BCUT2D eigenvalue weighted by Crippen LogP contribution is -2.30. The van der Waals surface area contributed by atoms with Crippen molar-refractivity contribution in [2.24, 2.45) is 5.10 Å². The molecule has 2 rings (SSSR count). The minimum Gasteiger partial charge on any atom is -0.493 e. The van der Waals surface area contributed by atoms with Crippen molar-refractivity contribution < 1.29 is 19.2 Å². The number of ether oxygens (including phenoxy) is 2. The number of aryl methyl sites for hydroxylation is 1. The van der Waals surface area contributed by atoms with Crippen molar-refractivity contribution in [2.75, 3.05) is 13.2 Å². The number of rotatable bonds is 9. The van der Waals surface area contributed by atoms with Crippen molar-refractivity contribution in [1.29, 1.82) is 0 Å². The Labute approximate surface area is 166 Å². The van der Waals surface area contributed by atoms with Gasteiger partial charge in [0.15, 0.2) is 0 Å². The second-order valence-corrected chi connectivity index (χ2v) is 5.69. The highest BCUT2D eigenvalue weighted by atomic mass is 16.6. The quantitative estimate of drug-likeness (QED) is 0.390. The monoisotopic (exact) mass is 402 g/mol. The summed E-state index contributed by atoms with van der Waals surface area (Å²) in [5.41, 5.74) is 1.79. The number of hydrogen-bond donors (Lipinski definition) is 1. The third-order valence-electron chi connectivity index (χ3n) is 3.86. The van der Waals surface area contributed by atoms with E-state index in [1.165, 1.54) is 29.0 Å². The number of hydrogen-bond acceptors (Lipinski definition) is 7. The third-order valence-corrected chi connectivity index (χ3v) is 3.86. The van der Waals surface area contributed by atoms with Gasteiger partial charge in [0, 0.05) is 30.4 Å². The Bertz CT molecular complexity index is 983. The lowest BCUT2D eigenvalue weighted by molar-refractivity contribution is -0.385. The average molecular weight is 402 g/mol. The Hall–Kier alpha value is -3.69. The van der Waals surface area contributed by atoms with Gasteiger partial charge in [-0.25, -0.2) is 5.43 Å². The molecule has 1 aromatic heterocycles. The maximum Gasteiger partial charge on any atom is 0.311 e. The van der Waals surface area contributed by atoms with Crippen LogP contribution in [0.25, 0.3) is 0 Å². The summed E-state index contributed by atoms with van der Waals surface area (Å²) in [6.07, 6.45) is 2.79. The predicted molar refractivity (Wildman–Crippen MR) is 107 cm³/mol. The van der Waals surface area contributed by atoms with Crippen LogP contribution in [0.4, 0.5) is 5.69 Å². The summed E-state index contributed by atoms with van der Waals surface area (Å²) in [5, 5.41) is 15.1. The Morgan fingerprint density at radius 2 is 1.93 bits per heavy atom. The Kier molecular flexibility index (Phi) is 7.47. The molecule has 0 saturated carbocycles. The third kappa shape index (κ3) is 5.18. The summed E-state index contributed by atoms with van der Waals surface area (Å²) in [6.45, 7) is 6.26. The molecule has 2 aromatic rings. The van der Waals surface area contributed by atoms with Crippen molar-refractivity contribution in [2.45, 2.75) is 27.3 Å². The van der Waals surface area contributed by atoms with Gasteiger partial charge in [-0.15, -0.1) is 0 Å². The second-order valence-electron chi connectivity index (χ2n) is 5.69. The molecule has 0 radical (unpaired) electrons. The Morgan fingerprint density at radius 1 is 1.24 bits per heavy atom. The van der Waals surface area contributed by atoms with Crippen LogP contribution in [0.5, 0.6) is 11.5 Å². The second kappa shape index (κ2) is 10.0.